The highest BCUT2D eigenvalue weighted by Gasteiger charge is 2.19. The average molecular weight is 475 g/mol. The van der Waals surface area contributed by atoms with E-state index in [2.05, 4.69) is 139 Å². The highest BCUT2D eigenvalue weighted by Crippen LogP contribution is 2.39. The van der Waals surface area contributed by atoms with Crippen molar-refractivity contribution in [2.75, 3.05) is 0 Å². The van der Waals surface area contributed by atoms with Gasteiger partial charge in [0.25, 0.3) is 0 Å². The van der Waals surface area contributed by atoms with E-state index in [1.165, 1.54) is 38.2 Å². The molecule has 0 N–H and O–H groups in total. The number of rotatable bonds is 4. The molecular weight excluding hydrogens is 448 g/mol. The Morgan fingerprint density at radius 1 is 0.514 bits per heavy atom. The fourth-order valence-electron chi connectivity index (χ4n) is 5.47. The van der Waals surface area contributed by atoms with E-state index >= 15 is 0 Å². The van der Waals surface area contributed by atoms with E-state index in [1.807, 2.05) is 0 Å². The average Bonchev–Trinajstić information content (AvgIpc) is 3.39. The lowest BCUT2D eigenvalue weighted by Gasteiger charge is -2.12. The van der Waals surface area contributed by atoms with Crippen molar-refractivity contribution in [2.45, 2.75) is 13.3 Å². The lowest BCUT2D eigenvalue weighted by atomic mass is 10.00. The van der Waals surface area contributed by atoms with Crippen LogP contribution in [0.1, 0.15) is 12.5 Å². The number of nitrogens with zero attached hydrogens (tertiary/aromatic N) is 2. The van der Waals surface area contributed by atoms with Gasteiger partial charge in [0.2, 0.25) is 0 Å². The number of aryl methyl sites for hydroxylation is 1. The van der Waals surface area contributed by atoms with Gasteiger partial charge in [0.05, 0.1) is 11.0 Å². The number of benzene rings is 6. The largest absolute Gasteiger partial charge is 0.292 e. The molecule has 0 aliphatic heterocycles. The third-order valence-corrected chi connectivity index (χ3v) is 7.38. The quantitative estimate of drug-likeness (QED) is 0.232. The Balaban J connectivity index is 1.51. The maximum absolute atomic E-state index is 5.33. The second-order valence-corrected chi connectivity index (χ2v) is 9.52. The summed E-state index contributed by atoms with van der Waals surface area (Å²) in [5.74, 6) is 0.954. The Labute approximate surface area is 216 Å². The molecule has 1 heterocycles. The predicted octanol–water partition coefficient (Wildman–Crippen LogP) is 9.23. The highest BCUT2D eigenvalue weighted by molar-refractivity contribution is 6.24. The van der Waals surface area contributed by atoms with E-state index in [-0.39, 0.29) is 0 Å². The first-order chi connectivity index (χ1) is 18.3. The van der Waals surface area contributed by atoms with Crippen molar-refractivity contribution in [3.05, 3.63) is 133 Å². The Morgan fingerprint density at radius 2 is 1.03 bits per heavy atom. The Kier molecular flexibility index (Phi) is 5.11. The fraction of sp³-hybridized carbons (Fsp3) is 0.0571. The van der Waals surface area contributed by atoms with E-state index in [0.29, 0.717) is 0 Å². The smallest absolute Gasteiger partial charge is 0.145 e. The maximum Gasteiger partial charge on any atom is 0.145 e. The minimum atomic E-state index is 0.954. The fourth-order valence-corrected chi connectivity index (χ4v) is 5.47. The molecular formula is C35H26N2. The number of imidazole rings is 1. The van der Waals surface area contributed by atoms with Gasteiger partial charge in [0, 0.05) is 22.0 Å². The van der Waals surface area contributed by atoms with Crippen LogP contribution >= 0.6 is 0 Å². The highest BCUT2D eigenvalue weighted by atomic mass is 15.1. The molecule has 1 aromatic heterocycles. The third-order valence-electron chi connectivity index (χ3n) is 7.38. The van der Waals surface area contributed by atoms with Crippen LogP contribution < -0.4 is 0 Å². The van der Waals surface area contributed by atoms with Crippen molar-refractivity contribution >= 4 is 32.6 Å². The Morgan fingerprint density at radius 3 is 1.68 bits per heavy atom. The molecule has 7 rings (SSSR count). The summed E-state index contributed by atoms with van der Waals surface area (Å²) in [6, 6.07) is 45.6. The first-order valence-electron chi connectivity index (χ1n) is 12.9. The van der Waals surface area contributed by atoms with Crippen molar-refractivity contribution in [3.63, 3.8) is 0 Å². The summed E-state index contributed by atoms with van der Waals surface area (Å²) in [6.45, 7) is 2.19. The minimum absolute atomic E-state index is 0.954. The molecule has 0 atom stereocenters. The zero-order valence-electron chi connectivity index (χ0n) is 20.7. The van der Waals surface area contributed by atoms with Gasteiger partial charge < -0.3 is 0 Å². The van der Waals surface area contributed by atoms with E-state index in [4.69, 9.17) is 4.98 Å². The molecule has 0 fully saturated rings. The van der Waals surface area contributed by atoms with E-state index < -0.39 is 0 Å². The topological polar surface area (TPSA) is 17.8 Å². The first-order valence-corrected chi connectivity index (χ1v) is 12.9. The van der Waals surface area contributed by atoms with Crippen LogP contribution in [0.5, 0.6) is 0 Å². The molecule has 2 heteroatoms. The van der Waals surface area contributed by atoms with Crippen molar-refractivity contribution in [1.82, 2.24) is 9.55 Å². The van der Waals surface area contributed by atoms with Crippen LogP contribution in [0.15, 0.2) is 127 Å². The molecule has 0 spiro atoms. The molecule has 0 bridgehead atoms. The van der Waals surface area contributed by atoms with Gasteiger partial charge in [-0.3, -0.25) is 4.57 Å². The van der Waals surface area contributed by atoms with Crippen LogP contribution in [0.3, 0.4) is 0 Å². The van der Waals surface area contributed by atoms with Crippen LogP contribution in [0.2, 0.25) is 0 Å². The van der Waals surface area contributed by atoms with Crippen LogP contribution in [0.4, 0.5) is 0 Å². The number of aromatic nitrogens is 2. The van der Waals surface area contributed by atoms with Crippen LogP contribution in [-0.2, 0) is 6.42 Å². The molecule has 0 amide bonds. The molecule has 0 aliphatic rings. The van der Waals surface area contributed by atoms with Crippen molar-refractivity contribution in [3.8, 4) is 28.2 Å². The van der Waals surface area contributed by atoms with Gasteiger partial charge in [0.1, 0.15) is 5.82 Å². The second kappa shape index (κ2) is 8.76. The number of fused-ring (bicyclic) bond motifs is 6. The standard InChI is InChI=1S/C35H26N2/c1-2-24-16-18-25(19-17-24)26-20-22-27(23-21-26)35-36-33-31-14-8-6-12-29(31)30-13-7-9-15-32(30)34(33)37(35)28-10-4-3-5-11-28/h3-23H,2H2,1H3. The SMILES string of the molecule is CCc1ccc(-c2ccc(-c3nc4c5ccccc5c5ccccc5c4n3-c3ccccc3)cc2)cc1. The van der Waals surface area contributed by atoms with Gasteiger partial charge in [-0.1, -0.05) is 122 Å². The van der Waals surface area contributed by atoms with Gasteiger partial charge >= 0.3 is 0 Å². The summed E-state index contributed by atoms with van der Waals surface area (Å²) in [5.41, 5.74) is 8.20. The van der Waals surface area contributed by atoms with Crippen LogP contribution in [0.25, 0.3) is 60.8 Å². The minimum Gasteiger partial charge on any atom is -0.292 e. The molecule has 0 unspecified atom stereocenters. The van der Waals surface area contributed by atoms with Gasteiger partial charge in [-0.25, -0.2) is 4.98 Å². The normalized spacial score (nSPS) is 11.5. The summed E-state index contributed by atoms with van der Waals surface area (Å²) in [4.78, 5) is 5.33. The molecule has 37 heavy (non-hydrogen) atoms. The van der Waals surface area contributed by atoms with Crippen LogP contribution in [-0.4, -0.2) is 9.55 Å². The number of para-hydroxylation sites is 1. The molecule has 2 nitrogen and oxygen atoms in total. The zero-order valence-corrected chi connectivity index (χ0v) is 20.7. The van der Waals surface area contributed by atoms with Gasteiger partial charge in [-0.05, 0) is 46.0 Å². The summed E-state index contributed by atoms with van der Waals surface area (Å²) >= 11 is 0. The molecule has 0 aliphatic carbocycles. The summed E-state index contributed by atoms with van der Waals surface area (Å²) in [5, 5.41) is 4.88. The zero-order chi connectivity index (χ0) is 24.8. The second-order valence-electron chi connectivity index (χ2n) is 9.52. The molecule has 0 saturated carbocycles. The van der Waals surface area contributed by atoms with Crippen molar-refractivity contribution in [2.24, 2.45) is 0 Å². The third kappa shape index (κ3) is 3.53. The lowest BCUT2D eigenvalue weighted by molar-refractivity contribution is 1.11. The number of hydrogen-bond acceptors (Lipinski definition) is 1. The van der Waals surface area contributed by atoms with E-state index in [9.17, 15) is 0 Å². The summed E-state index contributed by atoms with van der Waals surface area (Å²) < 4.78 is 2.33. The van der Waals surface area contributed by atoms with Crippen LogP contribution in [0, 0.1) is 0 Å². The summed E-state index contributed by atoms with van der Waals surface area (Å²) in [6.07, 6.45) is 1.05. The maximum atomic E-state index is 5.33. The molecule has 0 saturated heterocycles. The molecule has 7 aromatic rings. The molecule has 6 aromatic carbocycles. The Hall–Kier alpha value is -4.69. The monoisotopic (exact) mass is 474 g/mol. The van der Waals surface area contributed by atoms with Crippen molar-refractivity contribution in [1.29, 1.82) is 0 Å². The summed E-state index contributed by atoms with van der Waals surface area (Å²) in [7, 11) is 0. The molecule has 176 valence electrons. The van der Waals surface area contributed by atoms with Gasteiger partial charge in [0.15, 0.2) is 0 Å². The van der Waals surface area contributed by atoms with Gasteiger partial charge in [-0.15, -0.1) is 0 Å². The predicted molar refractivity (Wildman–Crippen MR) is 156 cm³/mol. The lowest BCUT2D eigenvalue weighted by Crippen LogP contribution is -1.98. The Bertz CT molecular complexity index is 1880. The first kappa shape index (κ1) is 21.6. The van der Waals surface area contributed by atoms with E-state index in [1.54, 1.807) is 0 Å². The van der Waals surface area contributed by atoms with Crippen molar-refractivity contribution < 1.29 is 0 Å². The van der Waals surface area contributed by atoms with E-state index in [0.717, 1.165) is 34.5 Å². The van der Waals surface area contributed by atoms with Gasteiger partial charge in [-0.2, -0.15) is 0 Å². The molecule has 0 radical (unpaired) electrons. The number of hydrogen-bond donors (Lipinski definition) is 0.